The Morgan fingerprint density at radius 2 is 2.19 bits per heavy atom. The molecule has 0 amide bonds. The molecule has 1 aromatic heterocycles. The normalized spacial score (nSPS) is 32.6. The zero-order chi connectivity index (χ0) is 15.0. The number of hydrogen-bond donors (Lipinski definition) is 0. The van der Waals surface area contributed by atoms with Gasteiger partial charge >= 0.3 is 0 Å². The molecule has 0 spiro atoms. The molecule has 0 aromatic carbocycles. The smallest absolute Gasteiger partial charge is 0.233 e. The maximum atomic E-state index is 5.92. The molecule has 21 heavy (non-hydrogen) atoms. The second-order valence-electron chi connectivity index (χ2n) is 6.76. The fourth-order valence-electron chi connectivity index (χ4n) is 4.19. The van der Waals surface area contributed by atoms with Crippen molar-refractivity contribution < 1.29 is 4.74 Å². The van der Waals surface area contributed by atoms with Gasteiger partial charge < -0.3 is 9.64 Å². The van der Waals surface area contributed by atoms with Crippen LogP contribution in [0.2, 0.25) is 5.15 Å². The molecule has 116 valence electrons. The molecular weight excluding hydrogens is 286 g/mol. The van der Waals surface area contributed by atoms with E-state index in [2.05, 4.69) is 35.8 Å². The number of ether oxygens (including phenoxy) is 1. The monoisotopic (exact) mass is 309 g/mol. The third kappa shape index (κ3) is 3.02. The number of halogens is 1. The summed E-state index contributed by atoms with van der Waals surface area (Å²) in [4.78, 5) is 10.8. The molecule has 4 nitrogen and oxygen atoms in total. The number of aromatic nitrogens is 2. The third-order valence-corrected chi connectivity index (χ3v) is 5.53. The van der Waals surface area contributed by atoms with Crippen LogP contribution < -0.4 is 4.74 Å². The Balaban J connectivity index is 1.71. The van der Waals surface area contributed by atoms with Gasteiger partial charge in [0.2, 0.25) is 5.88 Å². The molecule has 0 saturated carbocycles. The number of piperidine rings is 1. The highest BCUT2D eigenvalue weighted by atomic mass is 35.5. The van der Waals surface area contributed by atoms with E-state index in [1.165, 1.54) is 25.5 Å². The molecule has 0 radical (unpaired) electrons. The van der Waals surface area contributed by atoms with E-state index in [1.807, 2.05) is 0 Å². The molecule has 4 atom stereocenters. The predicted molar refractivity (Wildman–Crippen MR) is 83.5 cm³/mol. The Bertz CT molecular complexity index is 496. The molecule has 2 bridgehead atoms. The van der Waals surface area contributed by atoms with E-state index in [4.69, 9.17) is 16.3 Å². The van der Waals surface area contributed by atoms with Crippen LogP contribution in [0.4, 0.5) is 0 Å². The molecule has 2 saturated heterocycles. The van der Waals surface area contributed by atoms with E-state index < -0.39 is 0 Å². The summed E-state index contributed by atoms with van der Waals surface area (Å²) in [6, 6.07) is 1.41. The Morgan fingerprint density at radius 1 is 1.38 bits per heavy atom. The SMILES string of the molecule is CC(C)C1CC2CCC(C1COc1cncc(Cl)n1)N2C. The van der Waals surface area contributed by atoms with Crippen LogP contribution in [-0.2, 0) is 0 Å². The Kier molecular flexibility index (Phi) is 4.36. The number of hydrogen-bond acceptors (Lipinski definition) is 4. The Morgan fingerprint density at radius 3 is 2.90 bits per heavy atom. The van der Waals surface area contributed by atoms with Gasteiger partial charge in [0.25, 0.3) is 0 Å². The van der Waals surface area contributed by atoms with Gasteiger partial charge in [-0.1, -0.05) is 25.4 Å². The molecule has 0 N–H and O–H groups in total. The van der Waals surface area contributed by atoms with Gasteiger partial charge in [-0.05, 0) is 38.1 Å². The second kappa shape index (κ2) is 6.09. The summed E-state index contributed by atoms with van der Waals surface area (Å²) in [5.41, 5.74) is 0. The lowest BCUT2D eigenvalue weighted by atomic mass is 9.74. The molecule has 1 aromatic rings. The maximum Gasteiger partial charge on any atom is 0.233 e. The lowest BCUT2D eigenvalue weighted by Crippen LogP contribution is -2.50. The fourth-order valence-corrected chi connectivity index (χ4v) is 4.33. The fraction of sp³-hybridized carbons (Fsp3) is 0.750. The van der Waals surface area contributed by atoms with E-state index in [1.54, 1.807) is 6.20 Å². The highest BCUT2D eigenvalue weighted by molar-refractivity contribution is 6.29. The van der Waals surface area contributed by atoms with Gasteiger partial charge in [-0.25, -0.2) is 0 Å². The lowest BCUT2D eigenvalue weighted by Gasteiger charge is -2.44. The number of rotatable bonds is 4. The molecule has 3 heterocycles. The van der Waals surface area contributed by atoms with Crippen LogP contribution in [0.3, 0.4) is 0 Å². The minimum Gasteiger partial charge on any atom is -0.476 e. The molecule has 2 aliphatic rings. The first kappa shape index (κ1) is 15.0. The first-order valence-corrected chi connectivity index (χ1v) is 8.26. The van der Waals surface area contributed by atoms with Gasteiger partial charge in [-0.15, -0.1) is 0 Å². The zero-order valence-corrected chi connectivity index (χ0v) is 13.8. The summed E-state index contributed by atoms with van der Waals surface area (Å²) in [5.74, 6) is 2.52. The molecule has 4 unspecified atom stereocenters. The minimum absolute atomic E-state index is 0.384. The highest BCUT2D eigenvalue weighted by Crippen LogP contribution is 2.44. The first-order valence-electron chi connectivity index (χ1n) is 7.88. The summed E-state index contributed by atoms with van der Waals surface area (Å²) in [7, 11) is 2.27. The Labute approximate surface area is 131 Å². The van der Waals surface area contributed by atoms with E-state index in [0.717, 1.165) is 12.0 Å². The van der Waals surface area contributed by atoms with Crippen LogP contribution in [0, 0.1) is 17.8 Å². The van der Waals surface area contributed by atoms with Gasteiger partial charge in [0.1, 0.15) is 0 Å². The molecule has 2 fully saturated rings. The average molecular weight is 310 g/mol. The third-order valence-electron chi connectivity index (χ3n) is 5.35. The van der Waals surface area contributed by atoms with Crippen LogP contribution in [0.1, 0.15) is 33.1 Å². The van der Waals surface area contributed by atoms with Crippen LogP contribution in [0.25, 0.3) is 0 Å². The van der Waals surface area contributed by atoms with Crippen molar-refractivity contribution in [2.75, 3.05) is 13.7 Å². The Hall–Kier alpha value is -0.870. The van der Waals surface area contributed by atoms with Crippen molar-refractivity contribution in [3.05, 3.63) is 17.5 Å². The van der Waals surface area contributed by atoms with Crippen LogP contribution >= 0.6 is 11.6 Å². The van der Waals surface area contributed by atoms with Crippen LogP contribution in [-0.4, -0.2) is 40.6 Å². The molecule has 2 aliphatic heterocycles. The molecular formula is C16H24ClN3O. The van der Waals surface area contributed by atoms with Crippen molar-refractivity contribution in [3.63, 3.8) is 0 Å². The highest BCUT2D eigenvalue weighted by Gasteiger charge is 2.46. The summed E-state index contributed by atoms with van der Waals surface area (Å²) in [5, 5.41) is 0.384. The van der Waals surface area contributed by atoms with Crippen molar-refractivity contribution in [2.45, 2.75) is 45.2 Å². The molecule has 0 aliphatic carbocycles. The van der Waals surface area contributed by atoms with Crippen molar-refractivity contribution in [2.24, 2.45) is 17.8 Å². The van der Waals surface area contributed by atoms with Gasteiger partial charge in [-0.3, -0.25) is 4.98 Å². The van der Waals surface area contributed by atoms with Crippen LogP contribution in [0.5, 0.6) is 5.88 Å². The van der Waals surface area contributed by atoms with Crippen molar-refractivity contribution in [1.29, 1.82) is 0 Å². The van der Waals surface area contributed by atoms with E-state index in [-0.39, 0.29) is 0 Å². The quantitative estimate of drug-likeness (QED) is 0.855. The zero-order valence-electron chi connectivity index (χ0n) is 13.0. The van der Waals surface area contributed by atoms with Crippen molar-refractivity contribution >= 4 is 11.6 Å². The van der Waals surface area contributed by atoms with E-state index in [0.29, 0.717) is 35.5 Å². The van der Waals surface area contributed by atoms with Gasteiger partial charge in [0, 0.05) is 18.0 Å². The first-order chi connectivity index (χ1) is 10.1. The van der Waals surface area contributed by atoms with Crippen molar-refractivity contribution in [1.82, 2.24) is 14.9 Å². The van der Waals surface area contributed by atoms with Crippen molar-refractivity contribution in [3.8, 4) is 5.88 Å². The number of nitrogens with zero attached hydrogens (tertiary/aromatic N) is 3. The predicted octanol–water partition coefficient (Wildman–Crippen LogP) is 3.26. The molecule has 5 heteroatoms. The summed E-state index contributed by atoms with van der Waals surface area (Å²) in [6.45, 7) is 5.38. The maximum absolute atomic E-state index is 5.92. The summed E-state index contributed by atoms with van der Waals surface area (Å²) in [6.07, 6.45) is 7.08. The minimum atomic E-state index is 0.384. The standard InChI is InChI=1S/C16H24ClN3O/c1-10(2)12-6-11-4-5-14(20(11)3)13(12)9-21-16-8-18-7-15(17)19-16/h7-8,10-14H,4-6,9H2,1-3H3. The number of fused-ring (bicyclic) bond motifs is 2. The summed E-state index contributed by atoms with van der Waals surface area (Å²) < 4.78 is 5.92. The van der Waals surface area contributed by atoms with E-state index in [9.17, 15) is 0 Å². The van der Waals surface area contributed by atoms with E-state index >= 15 is 0 Å². The van der Waals surface area contributed by atoms with Crippen LogP contribution in [0.15, 0.2) is 12.4 Å². The largest absolute Gasteiger partial charge is 0.476 e. The molecule has 3 rings (SSSR count). The van der Waals surface area contributed by atoms with Gasteiger partial charge in [0.15, 0.2) is 5.15 Å². The summed E-state index contributed by atoms with van der Waals surface area (Å²) >= 11 is 5.87. The van der Waals surface area contributed by atoms with Gasteiger partial charge in [-0.2, -0.15) is 4.98 Å². The second-order valence-corrected chi connectivity index (χ2v) is 7.15. The topological polar surface area (TPSA) is 38.3 Å². The lowest BCUT2D eigenvalue weighted by molar-refractivity contribution is 0.0171. The van der Waals surface area contributed by atoms with Gasteiger partial charge in [0.05, 0.1) is 19.0 Å². The average Bonchev–Trinajstić information content (AvgIpc) is 2.69.